The Morgan fingerprint density at radius 2 is 1.86 bits per heavy atom. The summed E-state index contributed by atoms with van der Waals surface area (Å²) in [7, 11) is 0. The molecule has 1 aliphatic rings. The van der Waals surface area contributed by atoms with E-state index in [0.717, 1.165) is 47.9 Å². The van der Waals surface area contributed by atoms with E-state index in [1.54, 1.807) is 6.07 Å². The molecule has 0 radical (unpaired) electrons. The third-order valence-electron chi connectivity index (χ3n) is 6.29. The highest BCUT2D eigenvalue weighted by Crippen LogP contribution is 2.31. The van der Waals surface area contributed by atoms with Gasteiger partial charge < -0.3 is 9.26 Å². The average molecular weight is 497 g/mol. The van der Waals surface area contributed by atoms with Gasteiger partial charge in [0.25, 0.3) is 5.89 Å². The van der Waals surface area contributed by atoms with Crippen molar-refractivity contribution in [2.75, 3.05) is 13.2 Å². The molecule has 0 amide bonds. The van der Waals surface area contributed by atoms with Gasteiger partial charge in [0.15, 0.2) is 6.04 Å². The number of rotatable bonds is 6. The molecule has 3 aromatic carbocycles. The lowest BCUT2D eigenvalue weighted by molar-refractivity contribution is -0.555. The topological polar surface area (TPSA) is 103 Å². The Bertz CT molecular complexity index is 1430. The standard InChI is InChI=1S/C26H24F3N5O2/c27-26(28,29)20-4-1-3-16(13-20)10-12-35-21-9-8-17-14-19(7-6-18(17)15-21)23-32-24(36-33-23)22-5-2-11-34(22)25(30)31/h1,3-4,6-9,13-15,22H,2,5,10-12H2,(H3,30,31)/p+1/t22-/m0/s1. The molecule has 186 valence electrons. The summed E-state index contributed by atoms with van der Waals surface area (Å²) < 4.78 is 51.9. The second-order valence-electron chi connectivity index (χ2n) is 8.75. The predicted molar refractivity (Wildman–Crippen MR) is 128 cm³/mol. The summed E-state index contributed by atoms with van der Waals surface area (Å²) in [5.41, 5.74) is 12.3. The fourth-order valence-electron chi connectivity index (χ4n) is 4.46. The van der Waals surface area contributed by atoms with Crippen LogP contribution in [-0.4, -0.2) is 33.8 Å². The predicted octanol–water partition coefficient (Wildman–Crippen LogP) is 4.65. The average Bonchev–Trinajstić information content (AvgIpc) is 3.53. The largest absolute Gasteiger partial charge is 0.493 e. The molecule has 36 heavy (non-hydrogen) atoms. The van der Waals surface area contributed by atoms with E-state index in [1.807, 2.05) is 41.0 Å². The van der Waals surface area contributed by atoms with Gasteiger partial charge in [0, 0.05) is 12.0 Å². The first-order valence-electron chi connectivity index (χ1n) is 11.6. The van der Waals surface area contributed by atoms with E-state index >= 15 is 0 Å². The van der Waals surface area contributed by atoms with E-state index in [1.165, 1.54) is 6.07 Å². The second-order valence-corrected chi connectivity index (χ2v) is 8.75. The summed E-state index contributed by atoms with van der Waals surface area (Å²) in [4.78, 5) is 4.57. The third kappa shape index (κ3) is 4.98. The lowest BCUT2D eigenvalue weighted by atomic mass is 10.1. The van der Waals surface area contributed by atoms with Gasteiger partial charge in [-0.15, -0.1) is 0 Å². The molecule has 4 aromatic rings. The molecule has 0 spiro atoms. The van der Waals surface area contributed by atoms with E-state index in [4.69, 9.17) is 20.7 Å². The van der Waals surface area contributed by atoms with Gasteiger partial charge in [0.05, 0.1) is 18.7 Å². The van der Waals surface area contributed by atoms with Crippen LogP contribution in [0.5, 0.6) is 5.75 Å². The maximum absolute atomic E-state index is 12.9. The summed E-state index contributed by atoms with van der Waals surface area (Å²) in [6.07, 6.45) is -2.20. The summed E-state index contributed by atoms with van der Waals surface area (Å²) in [6.45, 7) is 1.02. The van der Waals surface area contributed by atoms with Crippen LogP contribution in [0.1, 0.15) is 35.9 Å². The monoisotopic (exact) mass is 496 g/mol. The maximum Gasteiger partial charge on any atom is 0.416 e. The van der Waals surface area contributed by atoms with Crippen LogP contribution in [0.4, 0.5) is 13.2 Å². The minimum Gasteiger partial charge on any atom is -0.493 e. The minimum atomic E-state index is -4.36. The van der Waals surface area contributed by atoms with Crippen molar-refractivity contribution in [2.45, 2.75) is 31.5 Å². The highest BCUT2D eigenvalue weighted by Gasteiger charge is 2.32. The summed E-state index contributed by atoms with van der Waals surface area (Å²) >= 11 is 0. The van der Waals surface area contributed by atoms with Crippen LogP contribution >= 0.6 is 0 Å². The number of alkyl halides is 3. The molecular weight excluding hydrogens is 471 g/mol. The smallest absolute Gasteiger partial charge is 0.416 e. The van der Waals surface area contributed by atoms with Crippen LogP contribution in [-0.2, 0) is 12.6 Å². The maximum atomic E-state index is 12.9. The van der Waals surface area contributed by atoms with Gasteiger partial charge in [-0.2, -0.15) is 18.2 Å². The van der Waals surface area contributed by atoms with Crippen molar-refractivity contribution < 1.29 is 27.0 Å². The molecule has 0 bridgehead atoms. The molecule has 0 aliphatic carbocycles. The van der Waals surface area contributed by atoms with E-state index < -0.39 is 11.7 Å². The molecular formula is C26H25F3N5O2+. The Kier molecular flexibility index (Phi) is 6.26. The molecule has 0 saturated carbocycles. The molecule has 1 aromatic heterocycles. The number of benzene rings is 3. The lowest BCUT2D eigenvalue weighted by Crippen LogP contribution is -2.35. The van der Waals surface area contributed by atoms with Gasteiger partial charge in [-0.3, -0.25) is 16.0 Å². The van der Waals surface area contributed by atoms with Gasteiger partial charge in [0.2, 0.25) is 5.82 Å². The van der Waals surface area contributed by atoms with E-state index in [2.05, 4.69) is 10.1 Å². The Morgan fingerprint density at radius 1 is 1.06 bits per heavy atom. The van der Waals surface area contributed by atoms with Crippen molar-refractivity contribution in [1.82, 2.24) is 10.1 Å². The Labute approximate surface area is 205 Å². The Morgan fingerprint density at radius 3 is 2.67 bits per heavy atom. The van der Waals surface area contributed by atoms with Crippen LogP contribution in [0, 0.1) is 0 Å². The molecule has 1 aliphatic heterocycles. The fourth-order valence-corrected chi connectivity index (χ4v) is 4.46. The first kappa shape index (κ1) is 23.7. The summed E-state index contributed by atoms with van der Waals surface area (Å²) in [5.74, 6) is 1.85. The molecule has 4 N–H and O–H groups in total. The van der Waals surface area contributed by atoms with Crippen molar-refractivity contribution in [3.05, 3.63) is 77.7 Å². The van der Waals surface area contributed by atoms with Crippen LogP contribution in [0.15, 0.2) is 65.2 Å². The number of nitrogens with two attached hydrogens (primary N) is 2. The number of nitrogens with zero attached hydrogens (tertiary/aromatic N) is 3. The number of hydrogen-bond acceptors (Lipinski definition) is 4. The third-order valence-corrected chi connectivity index (χ3v) is 6.29. The van der Waals surface area contributed by atoms with Crippen LogP contribution in [0.25, 0.3) is 22.2 Å². The molecule has 5 rings (SSSR count). The van der Waals surface area contributed by atoms with Crippen LogP contribution < -0.4 is 16.2 Å². The van der Waals surface area contributed by atoms with Gasteiger partial charge in [-0.05, 0) is 53.4 Å². The number of aromatic nitrogens is 2. The molecule has 1 saturated heterocycles. The number of hydrogen-bond donors (Lipinski definition) is 2. The first-order chi connectivity index (χ1) is 17.3. The van der Waals surface area contributed by atoms with E-state index in [9.17, 15) is 13.2 Å². The minimum absolute atomic E-state index is 0.118. The molecule has 2 heterocycles. The number of halogens is 3. The Hall–Kier alpha value is -4.08. The summed E-state index contributed by atoms with van der Waals surface area (Å²) in [5, 5.41) is 6.06. The highest BCUT2D eigenvalue weighted by atomic mass is 19.4. The fraction of sp³-hybridized carbons (Fsp3) is 0.269. The number of ether oxygens (including phenoxy) is 1. The summed E-state index contributed by atoms with van der Waals surface area (Å²) in [6, 6.07) is 16.6. The Balaban J connectivity index is 1.26. The zero-order valence-electron chi connectivity index (χ0n) is 19.3. The van der Waals surface area contributed by atoms with Crippen molar-refractivity contribution in [3.8, 4) is 17.1 Å². The molecule has 10 heteroatoms. The zero-order chi connectivity index (χ0) is 25.3. The quantitative estimate of drug-likeness (QED) is 0.298. The van der Waals surface area contributed by atoms with Crippen molar-refractivity contribution in [1.29, 1.82) is 0 Å². The highest BCUT2D eigenvalue weighted by molar-refractivity contribution is 5.87. The number of fused-ring (bicyclic) bond motifs is 1. The van der Waals surface area contributed by atoms with Gasteiger partial charge in [-0.1, -0.05) is 41.6 Å². The first-order valence-corrected chi connectivity index (χ1v) is 11.6. The van der Waals surface area contributed by atoms with Crippen LogP contribution in [0.3, 0.4) is 0 Å². The van der Waals surface area contributed by atoms with Crippen molar-refractivity contribution >= 4 is 16.7 Å². The van der Waals surface area contributed by atoms with E-state index in [0.29, 0.717) is 29.4 Å². The molecule has 1 fully saturated rings. The second kappa shape index (κ2) is 9.52. The van der Waals surface area contributed by atoms with Gasteiger partial charge in [-0.25, -0.2) is 0 Å². The molecule has 1 atom stereocenters. The number of guanidine groups is 1. The van der Waals surface area contributed by atoms with Crippen LogP contribution in [0.2, 0.25) is 0 Å². The lowest BCUT2D eigenvalue weighted by Gasteiger charge is -2.10. The molecule has 7 nitrogen and oxygen atoms in total. The zero-order valence-corrected chi connectivity index (χ0v) is 19.3. The van der Waals surface area contributed by atoms with Gasteiger partial charge in [0.1, 0.15) is 5.75 Å². The van der Waals surface area contributed by atoms with Gasteiger partial charge >= 0.3 is 12.1 Å². The van der Waals surface area contributed by atoms with E-state index in [-0.39, 0.29) is 18.6 Å². The normalized spacial score (nSPS) is 16.0. The van der Waals surface area contributed by atoms with Crippen molar-refractivity contribution in [2.24, 2.45) is 11.5 Å². The molecule has 0 unspecified atom stereocenters. The van der Waals surface area contributed by atoms with Crippen molar-refractivity contribution in [3.63, 3.8) is 0 Å². The SMILES string of the molecule is NC(N)=[N+]1CCC[C@H]1c1nc(-c2ccc3cc(OCCc4cccc(C(F)(F)F)c4)ccc3c2)no1.